The molecule has 0 saturated carbocycles. The number of benzene rings is 2. The fourth-order valence-corrected chi connectivity index (χ4v) is 4.02. The molecule has 0 aliphatic carbocycles. The number of hydrogen-bond donors (Lipinski definition) is 1. The first-order valence-electron chi connectivity index (χ1n) is 9.03. The van der Waals surface area contributed by atoms with Gasteiger partial charge >= 0.3 is 6.03 Å². The van der Waals surface area contributed by atoms with Crippen molar-refractivity contribution in [3.05, 3.63) is 81.5 Å². The van der Waals surface area contributed by atoms with Crippen LogP contribution < -0.4 is 10.2 Å². The molecule has 0 radical (unpaired) electrons. The van der Waals surface area contributed by atoms with E-state index in [-0.39, 0.29) is 5.57 Å². The van der Waals surface area contributed by atoms with Crippen molar-refractivity contribution in [2.75, 3.05) is 4.90 Å². The minimum absolute atomic E-state index is 0.226. The first kappa shape index (κ1) is 21.2. The number of urea groups is 1. The largest absolute Gasteiger partial charge is 0.450 e. The normalized spacial score (nSPS) is 15.5. The molecule has 6 nitrogen and oxygen atoms in total. The highest BCUT2D eigenvalue weighted by atomic mass is 35.5. The van der Waals surface area contributed by atoms with Gasteiger partial charge in [0.1, 0.15) is 11.3 Å². The van der Waals surface area contributed by atoms with Crippen molar-refractivity contribution in [1.82, 2.24) is 5.32 Å². The third-order valence-electron chi connectivity index (χ3n) is 4.50. The molecule has 31 heavy (non-hydrogen) atoms. The maximum absolute atomic E-state index is 13.0. The maximum Gasteiger partial charge on any atom is 0.335 e. The maximum atomic E-state index is 13.0. The lowest BCUT2D eigenvalue weighted by Crippen LogP contribution is -2.54. The van der Waals surface area contributed by atoms with Crippen LogP contribution >= 0.6 is 35.0 Å². The smallest absolute Gasteiger partial charge is 0.335 e. The van der Waals surface area contributed by atoms with E-state index in [2.05, 4.69) is 5.32 Å². The summed E-state index contributed by atoms with van der Waals surface area (Å²) >= 11 is 13.4. The molecule has 1 aliphatic heterocycles. The molecule has 0 bridgehead atoms. The monoisotopic (exact) mass is 472 g/mol. The second-order valence-corrected chi connectivity index (χ2v) is 8.48. The Balaban J connectivity index is 1.62. The molecule has 0 unspecified atom stereocenters. The molecule has 1 saturated heterocycles. The summed E-state index contributed by atoms with van der Waals surface area (Å²) in [7, 11) is 0. The number of carbonyl (C=O) groups excluding carboxylic acids is 3. The first-order valence-corrected chi connectivity index (χ1v) is 10.6. The van der Waals surface area contributed by atoms with Crippen LogP contribution in [0.25, 0.3) is 6.08 Å². The van der Waals surface area contributed by atoms with Crippen molar-refractivity contribution in [1.29, 1.82) is 0 Å². The number of nitrogens with zero attached hydrogens (tertiary/aromatic N) is 1. The molecule has 0 spiro atoms. The molecule has 1 N–H and O–H groups in total. The zero-order chi connectivity index (χ0) is 22.1. The molecule has 2 aromatic carbocycles. The summed E-state index contributed by atoms with van der Waals surface area (Å²) in [5, 5.41) is 3.78. The summed E-state index contributed by atoms with van der Waals surface area (Å²) in [5.74, 6) is -1.26. The number of carbonyl (C=O) groups is 3. The van der Waals surface area contributed by atoms with E-state index < -0.39 is 17.8 Å². The summed E-state index contributed by atoms with van der Waals surface area (Å²) in [6, 6.07) is 14.6. The van der Waals surface area contributed by atoms with Crippen molar-refractivity contribution < 1.29 is 18.8 Å². The van der Waals surface area contributed by atoms with Gasteiger partial charge in [0.15, 0.2) is 5.09 Å². The number of hydrogen-bond acceptors (Lipinski definition) is 5. The van der Waals surface area contributed by atoms with E-state index >= 15 is 0 Å². The van der Waals surface area contributed by atoms with E-state index in [1.165, 1.54) is 17.8 Å². The molecule has 9 heteroatoms. The van der Waals surface area contributed by atoms with E-state index in [0.29, 0.717) is 32.1 Å². The molecule has 3 aromatic rings. The first-order chi connectivity index (χ1) is 14.8. The Morgan fingerprint density at radius 3 is 2.48 bits per heavy atom. The van der Waals surface area contributed by atoms with Gasteiger partial charge in [-0.05, 0) is 67.1 Å². The van der Waals surface area contributed by atoms with Gasteiger partial charge in [-0.25, -0.2) is 9.69 Å². The molecule has 1 fully saturated rings. The minimum atomic E-state index is -0.837. The summed E-state index contributed by atoms with van der Waals surface area (Å²) in [6.07, 6.45) is 1.31. The van der Waals surface area contributed by atoms with Crippen molar-refractivity contribution >= 4 is 64.6 Å². The molecule has 4 rings (SSSR count). The van der Waals surface area contributed by atoms with Gasteiger partial charge in [0, 0.05) is 14.9 Å². The number of rotatable bonds is 4. The molecule has 1 aromatic heterocycles. The van der Waals surface area contributed by atoms with Crippen molar-refractivity contribution in [3.8, 4) is 0 Å². The van der Waals surface area contributed by atoms with Crippen LogP contribution in [0.1, 0.15) is 11.3 Å². The number of halogens is 2. The van der Waals surface area contributed by atoms with Crippen molar-refractivity contribution in [3.63, 3.8) is 0 Å². The lowest BCUT2D eigenvalue weighted by Gasteiger charge is -2.27. The molecule has 156 valence electrons. The quantitative estimate of drug-likeness (QED) is 0.388. The molecule has 2 heterocycles. The highest BCUT2D eigenvalue weighted by Crippen LogP contribution is 2.32. The highest BCUT2D eigenvalue weighted by Gasteiger charge is 2.37. The third-order valence-corrected chi connectivity index (χ3v) is 6.09. The third kappa shape index (κ3) is 4.39. The Kier molecular flexibility index (Phi) is 5.91. The zero-order valence-electron chi connectivity index (χ0n) is 16.0. The molecular weight excluding hydrogens is 459 g/mol. The summed E-state index contributed by atoms with van der Waals surface area (Å²) in [5.41, 5.74) is 0.615. The number of nitrogens with one attached hydrogen (secondary N) is 1. The Morgan fingerprint density at radius 2 is 1.74 bits per heavy atom. The van der Waals surface area contributed by atoms with Crippen LogP contribution in [0, 0.1) is 6.92 Å². The molecule has 0 atom stereocenters. The standard InChI is InChI=1S/C22H14Cl2N2O4S/c1-12-17(24)3-2-4-18(12)26-21(28)16(20(27)25-22(26)29)11-14-7-10-19(30-14)31-15-8-5-13(23)6-9-15/h2-11H,1H3,(H,25,27,29)/b16-11+. The summed E-state index contributed by atoms with van der Waals surface area (Å²) < 4.78 is 5.72. The van der Waals surface area contributed by atoms with E-state index in [9.17, 15) is 14.4 Å². The van der Waals surface area contributed by atoms with Crippen LogP contribution in [0.2, 0.25) is 10.0 Å². The van der Waals surface area contributed by atoms with Crippen LogP contribution in [0.4, 0.5) is 10.5 Å². The number of anilines is 1. The molecule has 4 amide bonds. The second-order valence-electron chi connectivity index (χ2n) is 6.55. The van der Waals surface area contributed by atoms with E-state index in [4.69, 9.17) is 27.6 Å². The van der Waals surface area contributed by atoms with Gasteiger partial charge in [-0.1, -0.05) is 41.0 Å². The number of imide groups is 2. The number of furan rings is 1. The van der Waals surface area contributed by atoms with Crippen molar-refractivity contribution in [2.24, 2.45) is 0 Å². The zero-order valence-corrected chi connectivity index (χ0v) is 18.3. The average molecular weight is 473 g/mol. The van der Waals surface area contributed by atoms with Gasteiger partial charge in [-0.15, -0.1) is 0 Å². The summed E-state index contributed by atoms with van der Waals surface area (Å²) in [4.78, 5) is 39.5. The minimum Gasteiger partial charge on any atom is -0.450 e. The molecular formula is C22H14Cl2N2O4S. The predicted molar refractivity (Wildman–Crippen MR) is 119 cm³/mol. The van der Waals surface area contributed by atoms with Crippen LogP contribution in [0.15, 0.2) is 74.6 Å². The Labute approximate surface area is 191 Å². The highest BCUT2D eigenvalue weighted by molar-refractivity contribution is 7.99. The van der Waals surface area contributed by atoms with Crippen LogP contribution in [0.5, 0.6) is 0 Å². The SMILES string of the molecule is Cc1c(Cl)cccc1N1C(=O)NC(=O)/C(=C\c2ccc(Sc3ccc(Cl)cc3)o2)C1=O. The van der Waals surface area contributed by atoms with E-state index in [1.807, 2.05) is 12.1 Å². The fraction of sp³-hybridized carbons (Fsp3) is 0.0455. The number of barbiturate groups is 1. The van der Waals surface area contributed by atoms with Gasteiger partial charge in [0.2, 0.25) is 0 Å². The lowest BCUT2D eigenvalue weighted by atomic mass is 10.1. The van der Waals surface area contributed by atoms with Crippen LogP contribution in [-0.2, 0) is 9.59 Å². The van der Waals surface area contributed by atoms with Gasteiger partial charge < -0.3 is 4.42 Å². The summed E-state index contributed by atoms with van der Waals surface area (Å²) in [6.45, 7) is 1.69. The van der Waals surface area contributed by atoms with Gasteiger partial charge in [-0.2, -0.15) is 0 Å². The number of amides is 4. The Morgan fingerprint density at radius 1 is 1.00 bits per heavy atom. The van der Waals surface area contributed by atoms with Crippen LogP contribution in [-0.4, -0.2) is 17.8 Å². The van der Waals surface area contributed by atoms with Crippen LogP contribution in [0.3, 0.4) is 0 Å². The Bertz CT molecular complexity index is 1230. The van der Waals surface area contributed by atoms with E-state index in [0.717, 1.165) is 9.80 Å². The van der Waals surface area contributed by atoms with E-state index in [1.54, 1.807) is 49.4 Å². The average Bonchev–Trinajstić information content (AvgIpc) is 3.17. The molecule has 1 aliphatic rings. The van der Waals surface area contributed by atoms with Gasteiger partial charge in [-0.3, -0.25) is 14.9 Å². The fourth-order valence-electron chi connectivity index (χ4n) is 2.94. The van der Waals surface area contributed by atoms with Crippen molar-refractivity contribution in [2.45, 2.75) is 16.9 Å². The predicted octanol–water partition coefficient (Wildman–Crippen LogP) is 5.71. The van der Waals surface area contributed by atoms with Gasteiger partial charge in [0.05, 0.1) is 5.69 Å². The topological polar surface area (TPSA) is 79.6 Å². The second kappa shape index (κ2) is 8.63. The lowest BCUT2D eigenvalue weighted by molar-refractivity contribution is -0.122. The Hall–Kier alpha value is -3.00. The van der Waals surface area contributed by atoms with Gasteiger partial charge in [0.25, 0.3) is 11.8 Å².